The Kier molecular flexibility index (Phi) is 10.5. The van der Waals surface area contributed by atoms with Crippen LogP contribution in [0, 0.1) is 0 Å². The molecule has 2 aromatic carbocycles. The van der Waals surface area contributed by atoms with Gasteiger partial charge in [-0.2, -0.15) is 0 Å². The van der Waals surface area contributed by atoms with E-state index in [0.717, 1.165) is 37.4 Å². The van der Waals surface area contributed by atoms with E-state index in [1.165, 1.54) is 5.56 Å². The maximum absolute atomic E-state index is 13.9. The molecule has 202 valence electrons. The maximum atomic E-state index is 13.9. The van der Waals surface area contributed by atoms with Gasteiger partial charge >= 0.3 is 0 Å². The molecule has 1 unspecified atom stereocenters. The number of morpholine rings is 1. The molecular weight excluding hydrogens is 478 g/mol. The minimum Gasteiger partial charge on any atom is -0.467 e. The molecular formula is C31H39N3O4. The van der Waals surface area contributed by atoms with Crippen molar-refractivity contribution in [3.63, 3.8) is 0 Å². The van der Waals surface area contributed by atoms with Crippen molar-refractivity contribution in [1.29, 1.82) is 0 Å². The average Bonchev–Trinajstić information content (AvgIpc) is 3.48. The lowest BCUT2D eigenvalue weighted by Gasteiger charge is -2.33. The topological polar surface area (TPSA) is 66.2 Å². The summed E-state index contributed by atoms with van der Waals surface area (Å²) >= 11 is 0. The van der Waals surface area contributed by atoms with Crippen LogP contribution >= 0.6 is 0 Å². The second kappa shape index (κ2) is 14.5. The van der Waals surface area contributed by atoms with Gasteiger partial charge in [-0.05, 0) is 36.1 Å². The molecule has 0 saturated carbocycles. The van der Waals surface area contributed by atoms with Crippen molar-refractivity contribution in [3.8, 4) is 0 Å². The number of ether oxygens (including phenoxy) is 1. The Balaban J connectivity index is 1.50. The van der Waals surface area contributed by atoms with Gasteiger partial charge in [0, 0.05) is 32.7 Å². The Labute approximate surface area is 226 Å². The zero-order valence-electron chi connectivity index (χ0n) is 22.3. The lowest BCUT2D eigenvalue weighted by Crippen LogP contribution is -2.48. The molecule has 7 nitrogen and oxygen atoms in total. The van der Waals surface area contributed by atoms with Gasteiger partial charge in [-0.1, -0.05) is 67.6 Å². The number of hydrogen-bond donors (Lipinski definition) is 0. The van der Waals surface area contributed by atoms with Gasteiger partial charge in [0.05, 0.1) is 38.5 Å². The van der Waals surface area contributed by atoms with E-state index < -0.39 is 0 Å². The fourth-order valence-electron chi connectivity index (χ4n) is 4.87. The lowest BCUT2D eigenvalue weighted by atomic mass is 9.95. The first-order chi connectivity index (χ1) is 18.6. The first-order valence-corrected chi connectivity index (χ1v) is 13.6. The predicted molar refractivity (Wildman–Crippen MR) is 148 cm³/mol. The molecule has 0 spiro atoms. The molecule has 3 aromatic rings. The van der Waals surface area contributed by atoms with Crippen molar-refractivity contribution in [2.24, 2.45) is 0 Å². The predicted octanol–water partition coefficient (Wildman–Crippen LogP) is 4.21. The van der Waals surface area contributed by atoms with Crippen LogP contribution in [-0.2, 0) is 27.3 Å². The summed E-state index contributed by atoms with van der Waals surface area (Å²) in [7, 11) is 0. The van der Waals surface area contributed by atoms with E-state index in [2.05, 4.69) is 17.0 Å². The minimum atomic E-state index is -0.281. The molecule has 2 heterocycles. The number of benzene rings is 2. The van der Waals surface area contributed by atoms with Crippen LogP contribution in [0.4, 0.5) is 0 Å². The van der Waals surface area contributed by atoms with Crippen LogP contribution in [0.25, 0.3) is 0 Å². The number of nitrogens with zero attached hydrogens (tertiary/aromatic N) is 3. The van der Waals surface area contributed by atoms with E-state index in [1.807, 2.05) is 72.5 Å². The Morgan fingerprint density at radius 1 is 0.895 bits per heavy atom. The van der Waals surface area contributed by atoms with Gasteiger partial charge < -0.3 is 19.0 Å². The molecule has 38 heavy (non-hydrogen) atoms. The molecule has 7 heteroatoms. The number of rotatable bonds is 13. The summed E-state index contributed by atoms with van der Waals surface area (Å²) < 4.78 is 11.1. The minimum absolute atomic E-state index is 0.00122. The molecule has 0 aliphatic carbocycles. The third-order valence-electron chi connectivity index (χ3n) is 7.13. The van der Waals surface area contributed by atoms with Gasteiger partial charge in [-0.15, -0.1) is 0 Å². The Morgan fingerprint density at radius 3 is 2.26 bits per heavy atom. The summed E-state index contributed by atoms with van der Waals surface area (Å²) in [5, 5.41) is 0. The van der Waals surface area contributed by atoms with Crippen molar-refractivity contribution in [2.75, 3.05) is 52.5 Å². The normalized spacial score (nSPS) is 14.7. The summed E-state index contributed by atoms with van der Waals surface area (Å²) in [5.41, 5.74) is 2.15. The second-order valence-electron chi connectivity index (χ2n) is 9.72. The Hall–Kier alpha value is -3.42. The van der Waals surface area contributed by atoms with Gasteiger partial charge in [0.25, 0.3) is 0 Å². The molecule has 1 atom stereocenters. The smallest absolute Gasteiger partial charge is 0.242 e. The third-order valence-corrected chi connectivity index (χ3v) is 7.13. The quantitative estimate of drug-likeness (QED) is 0.340. The van der Waals surface area contributed by atoms with Crippen LogP contribution in [0.5, 0.6) is 0 Å². The van der Waals surface area contributed by atoms with E-state index in [-0.39, 0.29) is 24.3 Å². The van der Waals surface area contributed by atoms with Crippen molar-refractivity contribution in [2.45, 2.75) is 32.2 Å². The molecule has 1 fully saturated rings. The zero-order chi connectivity index (χ0) is 26.6. The molecule has 4 rings (SSSR count). The molecule has 2 amide bonds. The molecule has 0 N–H and O–H groups in total. The molecule has 1 aliphatic rings. The standard InChI is InChI=1S/C31H39N3O4/c1-2-29(27-12-7-4-8-13-27)31(36)34(18-17-32-19-22-37-23-20-32)25-30(35)33(24-28-14-9-21-38-28)16-15-26-10-5-3-6-11-26/h3-14,21,29H,2,15-20,22-25H2,1H3. The summed E-state index contributed by atoms with van der Waals surface area (Å²) in [4.78, 5) is 33.5. The Bertz CT molecular complexity index is 1100. The number of carbonyl (C=O) groups is 2. The van der Waals surface area contributed by atoms with E-state index >= 15 is 0 Å². The number of carbonyl (C=O) groups excluding carboxylic acids is 2. The van der Waals surface area contributed by atoms with Crippen LogP contribution in [0.1, 0.15) is 36.1 Å². The third kappa shape index (κ3) is 8.04. The van der Waals surface area contributed by atoms with Gasteiger partial charge in [-0.3, -0.25) is 14.5 Å². The van der Waals surface area contributed by atoms with Gasteiger partial charge in [0.15, 0.2) is 0 Å². The fraction of sp³-hybridized carbons (Fsp3) is 0.419. The first kappa shape index (κ1) is 27.6. The summed E-state index contributed by atoms with van der Waals surface area (Å²) in [6.45, 7) is 7.29. The largest absolute Gasteiger partial charge is 0.467 e. The monoisotopic (exact) mass is 517 g/mol. The highest BCUT2D eigenvalue weighted by molar-refractivity contribution is 5.88. The second-order valence-corrected chi connectivity index (χ2v) is 9.72. The van der Waals surface area contributed by atoms with Gasteiger partial charge in [-0.25, -0.2) is 0 Å². The van der Waals surface area contributed by atoms with E-state index in [1.54, 1.807) is 11.2 Å². The van der Waals surface area contributed by atoms with E-state index in [0.29, 0.717) is 39.3 Å². The number of amides is 2. The van der Waals surface area contributed by atoms with Crippen LogP contribution in [0.15, 0.2) is 83.5 Å². The molecule has 0 bridgehead atoms. The average molecular weight is 518 g/mol. The summed E-state index contributed by atoms with van der Waals surface area (Å²) in [5.74, 6) is 0.377. The highest BCUT2D eigenvalue weighted by atomic mass is 16.5. The van der Waals surface area contributed by atoms with Crippen LogP contribution in [-0.4, -0.2) is 79.0 Å². The Morgan fingerprint density at radius 2 is 1.61 bits per heavy atom. The van der Waals surface area contributed by atoms with Crippen molar-refractivity contribution >= 4 is 11.8 Å². The van der Waals surface area contributed by atoms with Crippen LogP contribution < -0.4 is 0 Å². The number of hydrogen-bond acceptors (Lipinski definition) is 5. The van der Waals surface area contributed by atoms with Crippen LogP contribution in [0.2, 0.25) is 0 Å². The SMILES string of the molecule is CCC(C(=O)N(CCN1CCOCC1)CC(=O)N(CCc1ccccc1)Cc1ccco1)c1ccccc1. The van der Waals surface area contributed by atoms with Crippen molar-refractivity contribution in [1.82, 2.24) is 14.7 Å². The molecule has 1 aromatic heterocycles. The number of furan rings is 1. The lowest BCUT2D eigenvalue weighted by molar-refractivity contribution is -0.142. The maximum Gasteiger partial charge on any atom is 0.242 e. The highest BCUT2D eigenvalue weighted by Gasteiger charge is 2.28. The molecule has 1 aliphatic heterocycles. The first-order valence-electron chi connectivity index (χ1n) is 13.6. The van der Waals surface area contributed by atoms with Gasteiger partial charge in [0.1, 0.15) is 5.76 Å². The van der Waals surface area contributed by atoms with E-state index in [4.69, 9.17) is 9.15 Å². The van der Waals surface area contributed by atoms with Crippen molar-refractivity contribution < 1.29 is 18.7 Å². The van der Waals surface area contributed by atoms with Crippen molar-refractivity contribution in [3.05, 3.63) is 95.9 Å². The van der Waals surface area contributed by atoms with E-state index in [9.17, 15) is 9.59 Å². The zero-order valence-corrected chi connectivity index (χ0v) is 22.3. The summed E-state index contributed by atoms with van der Waals surface area (Å²) in [6.07, 6.45) is 3.03. The highest BCUT2D eigenvalue weighted by Crippen LogP contribution is 2.22. The van der Waals surface area contributed by atoms with Crippen LogP contribution in [0.3, 0.4) is 0 Å². The summed E-state index contributed by atoms with van der Waals surface area (Å²) in [6, 6.07) is 23.7. The van der Waals surface area contributed by atoms with Gasteiger partial charge in [0.2, 0.25) is 11.8 Å². The molecule has 1 saturated heterocycles. The molecule has 0 radical (unpaired) electrons. The fourth-order valence-corrected chi connectivity index (χ4v) is 4.87.